The molecule has 1 atom stereocenters. The molecule has 5 heteroatoms. The fourth-order valence-corrected chi connectivity index (χ4v) is 1.76. The molecule has 0 saturated heterocycles. The molecule has 0 aliphatic carbocycles. The minimum absolute atomic E-state index is 0.0418. The monoisotopic (exact) mass is 250 g/mol. The number of nitrogens with one attached hydrogen (secondary N) is 1. The molecule has 3 N–H and O–H groups in total. The van der Waals surface area contributed by atoms with Gasteiger partial charge in [-0.2, -0.15) is 0 Å². The summed E-state index contributed by atoms with van der Waals surface area (Å²) in [5.74, 6) is 1.45. The molecule has 1 unspecified atom stereocenters. The van der Waals surface area contributed by atoms with Gasteiger partial charge in [0.15, 0.2) is 11.5 Å². The molecule has 18 heavy (non-hydrogen) atoms. The van der Waals surface area contributed by atoms with Crippen LogP contribution in [-0.2, 0) is 11.3 Å². The molecule has 98 valence electrons. The third-order valence-corrected chi connectivity index (χ3v) is 2.60. The number of ether oxygens (including phenoxy) is 2. The van der Waals surface area contributed by atoms with E-state index in [1.807, 2.05) is 25.1 Å². The van der Waals surface area contributed by atoms with Gasteiger partial charge in [-0.25, -0.2) is 0 Å². The molecule has 0 saturated carbocycles. The van der Waals surface area contributed by atoms with Gasteiger partial charge in [-0.05, 0) is 24.6 Å². The molecule has 0 aromatic heterocycles. The van der Waals surface area contributed by atoms with E-state index < -0.39 is 0 Å². The normalized spacial score (nSPS) is 15.0. The average molecular weight is 250 g/mol. The van der Waals surface area contributed by atoms with Crippen molar-refractivity contribution in [2.75, 3.05) is 13.2 Å². The molecule has 1 aliphatic rings. The first kappa shape index (κ1) is 12.7. The van der Waals surface area contributed by atoms with Gasteiger partial charge in [0.1, 0.15) is 13.2 Å². The Labute approximate surface area is 106 Å². The Hall–Kier alpha value is -1.75. The zero-order valence-electron chi connectivity index (χ0n) is 10.4. The highest BCUT2D eigenvalue weighted by molar-refractivity contribution is 5.76. The molecular formula is C13H18N2O3. The first-order valence-electron chi connectivity index (χ1n) is 6.06. The zero-order valence-corrected chi connectivity index (χ0v) is 10.4. The molecule has 1 aromatic carbocycles. The van der Waals surface area contributed by atoms with Crippen molar-refractivity contribution >= 4 is 5.91 Å². The van der Waals surface area contributed by atoms with Crippen molar-refractivity contribution in [1.29, 1.82) is 0 Å². The molecule has 5 nitrogen and oxygen atoms in total. The summed E-state index contributed by atoms with van der Waals surface area (Å²) in [7, 11) is 0. The van der Waals surface area contributed by atoms with E-state index in [0.717, 1.165) is 17.1 Å². The number of carbonyl (C=O) groups excluding carboxylic acids is 1. The maximum Gasteiger partial charge on any atom is 0.221 e. The summed E-state index contributed by atoms with van der Waals surface area (Å²) < 4.78 is 10.9. The van der Waals surface area contributed by atoms with Crippen LogP contribution in [-0.4, -0.2) is 25.2 Å². The van der Waals surface area contributed by atoms with E-state index in [-0.39, 0.29) is 11.9 Å². The number of rotatable bonds is 4. The van der Waals surface area contributed by atoms with Crippen molar-refractivity contribution in [3.8, 4) is 11.5 Å². The van der Waals surface area contributed by atoms with E-state index >= 15 is 0 Å². The van der Waals surface area contributed by atoms with Gasteiger partial charge in [0, 0.05) is 19.0 Å². The van der Waals surface area contributed by atoms with Gasteiger partial charge in [0.05, 0.1) is 0 Å². The van der Waals surface area contributed by atoms with Gasteiger partial charge >= 0.3 is 0 Å². The topological polar surface area (TPSA) is 73.6 Å². The molecular weight excluding hydrogens is 232 g/mol. The summed E-state index contributed by atoms with van der Waals surface area (Å²) in [6, 6.07) is 5.55. The summed E-state index contributed by atoms with van der Waals surface area (Å²) in [6.45, 7) is 3.43. The first-order valence-corrected chi connectivity index (χ1v) is 6.06. The Morgan fingerprint density at radius 1 is 1.39 bits per heavy atom. The van der Waals surface area contributed by atoms with Crippen LogP contribution in [0.5, 0.6) is 11.5 Å². The van der Waals surface area contributed by atoms with E-state index in [2.05, 4.69) is 5.32 Å². The molecule has 0 radical (unpaired) electrons. The van der Waals surface area contributed by atoms with Gasteiger partial charge in [-0.3, -0.25) is 4.79 Å². The number of nitrogens with two attached hydrogens (primary N) is 1. The number of benzene rings is 1. The maximum atomic E-state index is 11.5. The Morgan fingerprint density at radius 2 is 2.11 bits per heavy atom. The SMILES string of the molecule is CC(N)CC(=O)NCc1ccc2c(c1)OCCO2. The van der Waals surface area contributed by atoms with E-state index in [0.29, 0.717) is 26.2 Å². The van der Waals surface area contributed by atoms with Crippen LogP contribution in [0.15, 0.2) is 18.2 Å². The van der Waals surface area contributed by atoms with Crippen LogP contribution in [0, 0.1) is 0 Å². The second-order valence-corrected chi connectivity index (χ2v) is 4.44. The molecule has 1 heterocycles. The lowest BCUT2D eigenvalue weighted by Crippen LogP contribution is -2.29. The molecule has 2 rings (SSSR count). The van der Waals surface area contributed by atoms with E-state index in [4.69, 9.17) is 15.2 Å². The Bertz CT molecular complexity index is 432. The highest BCUT2D eigenvalue weighted by Crippen LogP contribution is 2.30. The number of hydrogen-bond donors (Lipinski definition) is 2. The van der Waals surface area contributed by atoms with E-state index in [9.17, 15) is 4.79 Å². The zero-order chi connectivity index (χ0) is 13.0. The molecule has 1 aromatic rings. The second-order valence-electron chi connectivity index (χ2n) is 4.44. The molecule has 1 aliphatic heterocycles. The fourth-order valence-electron chi connectivity index (χ4n) is 1.76. The van der Waals surface area contributed by atoms with Crippen molar-refractivity contribution in [3.63, 3.8) is 0 Å². The highest BCUT2D eigenvalue weighted by Gasteiger charge is 2.12. The van der Waals surface area contributed by atoms with Gasteiger partial charge in [0.2, 0.25) is 5.91 Å². The van der Waals surface area contributed by atoms with Crippen molar-refractivity contribution in [3.05, 3.63) is 23.8 Å². The van der Waals surface area contributed by atoms with Crippen LogP contribution in [0.2, 0.25) is 0 Å². The standard InChI is InChI=1S/C13H18N2O3/c1-9(14)6-13(16)15-8-10-2-3-11-12(7-10)18-5-4-17-11/h2-3,7,9H,4-6,8,14H2,1H3,(H,15,16). The highest BCUT2D eigenvalue weighted by atomic mass is 16.6. The van der Waals surface area contributed by atoms with Crippen molar-refractivity contribution in [1.82, 2.24) is 5.32 Å². The number of amides is 1. The molecule has 0 spiro atoms. The van der Waals surface area contributed by atoms with Crippen molar-refractivity contribution in [2.45, 2.75) is 25.9 Å². The van der Waals surface area contributed by atoms with E-state index in [1.165, 1.54) is 0 Å². The summed E-state index contributed by atoms with van der Waals surface area (Å²) >= 11 is 0. The van der Waals surface area contributed by atoms with Crippen molar-refractivity contribution < 1.29 is 14.3 Å². The molecule has 0 fully saturated rings. The third kappa shape index (κ3) is 3.37. The lowest BCUT2D eigenvalue weighted by Gasteiger charge is -2.19. The third-order valence-electron chi connectivity index (χ3n) is 2.60. The number of fused-ring (bicyclic) bond motifs is 1. The van der Waals surface area contributed by atoms with Crippen LogP contribution in [0.4, 0.5) is 0 Å². The Morgan fingerprint density at radius 3 is 2.83 bits per heavy atom. The predicted octanol–water partition coefficient (Wildman–Crippen LogP) is 0.811. The fraction of sp³-hybridized carbons (Fsp3) is 0.462. The number of carbonyl (C=O) groups is 1. The van der Waals surface area contributed by atoms with Crippen LogP contribution in [0.3, 0.4) is 0 Å². The van der Waals surface area contributed by atoms with Gasteiger partial charge in [-0.15, -0.1) is 0 Å². The maximum absolute atomic E-state index is 11.5. The van der Waals surface area contributed by atoms with Gasteiger partial charge in [-0.1, -0.05) is 6.07 Å². The average Bonchev–Trinajstić information content (AvgIpc) is 2.35. The van der Waals surface area contributed by atoms with Crippen LogP contribution in [0.1, 0.15) is 18.9 Å². The molecule has 0 bridgehead atoms. The summed E-state index contributed by atoms with van der Waals surface area (Å²) in [5.41, 5.74) is 6.54. The van der Waals surface area contributed by atoms with Gasteiger partial charge in [0.25, 0.3) is 0 Å². The van der Waals surface area contributed by atoms with Crippen molar-refractivity contribution in [2.24, 2.45) is 5.73 Å². The second kappa shape index (κ2) is 5.73. The Kier molecular flexibility index (Phi) is 4.04. The van der Waals surface area contributed by atoms with E-state index in [1.54, 1.807) is 0 Å². The molecule has 1 amide bonds. The quantitative estimate of drug-likeness (QED) is 0.829. The lowest BCUT2D eigenvalue weighted by molar-refractivity contribution is -0.121. The number of hydrogen-bond acceptors (Lipinski definition) is 4. The minimum atomic E-state index is -0.120. The summed E-state index contributed by atoms with van der Waals surface area (Å²) in [4.78, 5) is 11.5. The lowest BCUT2D eigenvalue weighted by atomic mass is 10.2. The van der Waals surface area contributed by atoms with Crippen LogP contribution < -0.4 is 20.5 Å². The summed E-state index contributed by atoms with van der Waals surface area (Å²) in [5, 5.41) is 2.82. The largest absolute Gasteiger partial charge is 0.486 e. The predicted molar refractivity (Wildman–Crippen MR) is 67.5 cm³/mol. The minimum Gasteiger partial charge on any atom is -0.486 e. The van der Waals surface area contributed by atoms with Crippen LogP contribution in [0.25, 0.3) is 0 Å². The van der Waals surface area contributed by atoms with Gasteiger partial charge < -0.3 is 20.5 Å². The Balaban J connectivity index is 1.92. The summed E-state index contributed by atoms with van der Waals surface area (Å²) in [6.07, 6.45) is 0.338. The smallest absolute Gasteiger partial charge is 0.221 e. The van der Waals surface area contributed by atoms with Crippen LogP contribution >= 0.6 is 0 Å². The first-order chi connectivity index (χ1) is 8.65.